The first kappa shape index (κ1) is 17.5. The molecule has 27 heavy (non-hydrogen) atoms. The van der Waals surface area contributed by atoms with Gasteiger partial charge in [0.05, 0.1) is 10.0 Å². The predicted octanol–water partition coefficient (Wildman–Crippen LogP) is 5.02. The third-order valence-electron chi connectivity index (χ3n) is 4.36. The number of benzene rings is 3. The van der Waals surface area contributed by atoms with Crippen LogP contribution in [0.2, 0.25) is 10.0 Å². The fraction of sp³-hybridized carbons (Fsp3) is 0. The van der Waals surface area contributed by atoms with Gasteiger partial charge in [-0.3, -0.25) is 14.4 Å². The molecule has 1 amide bonds. The SMILES string of the molecule is O=C(Nc1ccc2c(c1)C(=O)c1ccccc1C2=O)c1ccc(Cl)c(Cl)c1. The quantitative estimate of drug-likeness (QED) is 0.518. The summed E-state index contributed by atoms with van der Waals surface area (Å²) in [6, 6.07) is 15.9. The van der Waals surface area contributed by atoms with E-state index in [9.17, 15) is 14.4 Å². The van der Waals surface area contributed by atoms with E-state index in [0.29, 0.717) is 33.0 Å². The van der Waals surface area contributed by atoms with Crippen LogP contribution in [-0.4, -0.2) is 17.5 Å². The summed E-state index contributed by atoms with van der Waals surface area (Å²) in [5.74, 6) is -0.850. The second-order valence-corrected chi connectivity index (χ2v) is 6.86. The first-order chi connectivity index (χ1) is 13.0. The number of nitrogens with one attached hydrogen (secondary N) is 1. The van der Waals surface area contributed by atoms with E-state index in [1.54, 1.807) is 42.5 Å². The maximum absolute atomic E-state index is 12.7. The summed E-state index contributed by atoms with van der Waals surface area (Å²) in [6.45, 7) is 0. The van der Waals surface area contributed by atoms with Crippen LogP contribution in [0.1, 0.15) is 42.2 Å². The summed E-state index contributed by atoms with van der Waals surface area (Å²) in [4.78, 5) is 37.8. The van der Waals surface area contributed by atoms with Gasteiger partial charge in [-0.05, 0) is 36.4 Å². The zero-order valence-corrected chi connectivity index (χ0v) is 15.3. The van der Waals surface area contributed by atoms with E-state index in [0.717, 1.165) is 0 Å². The van der Waals surface area contributed by atoms with Crippen molar-refractivity contribution in [3.05, 3.63) is 98.5 Å². The number of carbonyl (C=O) groups excluding carboxylic acids is 3. The smallest absolute Gasteiger partial charge is 0.255 e. The van der Waals surface area contributed by atoms with E-state index in [1.807, 2.05) is 0 Å². The van der Waals surface area contributed by atoms with E-state index in [-0.39, 0.29) is 22.2 Å². The summed E-state index contributed by atoms with van der Waals surface area (Å²) >= 11 is 11.8. The number of anilines is 1. The molecule has 0 bridgehead atoms. The van der Waals surface area contributed by atoms with Gasteiger partial charge in [-0.25, -0.2) is 0 Å². The van der Waals surface area contributed by atoms with Gasteiger partial charge in [-0.2, -0.15) is 0 Å². The van der Waals surface area contributed by atoms with Crippen molar-refractivity contribution < 1.29 is 14.4 Å². The van der Waals surface area contributed by atoms with Gasteiger partial charge in [-0.15, -0.1) is 0 Å². The van der Waals surface area contributed by atoms with Crippen molar-refractivity contribution in [2.45, 2.75) is 0 Å². The molecule has 1 N–H and O–H groups in total. The highest BCUT2D eigenvalue weighted by Crippen LogP contribution is 2.29. The highest BCUT2D eigenvalue weighted by atomic mass is 35.5. The molecule has 0 atom stereocenters. The van der Waals surface area contributed by atoms with Crippen LogP contribution >= 0.6 is 23.2 Å². The molecule has 6 heteroatoms. The summed E-state index contributed by atoms with van der Waals surface area (Å²) in [7, 11) is 0. The monoisotopic (exact) mass is 395 g/mol. The fourth-order valence-corrected chi connectivity index (χ4v) is 3.32. The lowest BCUT2D eigenvalue weighted by molar-refractivity contribution is 0.0979. The minimum Gasteiger partial charge on any atom is -0.322 e. The van der Waals surface area contributed by atoms with Crippen molar-refractivity contribution >= 4 is 46.4 Å². The summed E-state index contributed by atoms with van der Waals surface area (Å²) in [6.07, 6.45) is 0. The Hall–Kier alpha value is -2.95. The zero-order valence-electron chi connectivity index (χ0n) is 13.8. The molecule has 4 nitrogen and oxygen atoms in total. The molecule has 0 aliphatic heterocycles. The van der Waals surface area contributed by atoms with Crippen LogP contribution in [0, 0.1) is 0 Å². The Kier molecular flexibility index (Phi) is 4.30. The Morgan fingerprint density at radius 3 is 2.00 bits per heavy atom. The van der Waals surface area contributed by atoms with Crippen LogP contribution in [0.4, 0.5) is 5.69 Å². The second-order valence-electron chi connectivity index (χ2n) is 6.05. The van der Waals surface area contributed by atoms with Crippen LogP contribution in [0.25, 0.3) is 0 Å². The number of hydrogen-bond acceptors (Lipinski definition) is 3. The van der Waals surface area contributed by atoms with Crippen LogP contribution in [-0.2, 0) is 0 Å². The van der Waals surface area contributed by atoms with Crippen molar-refractivity contribution in [2.75, 3.05) is 5.32 Å². The molecule has 0 fully saturated rings. The van der Waals surface area contributed by atoms with Gasteiger partial charge in [0.15, 0.2) is 11.6 Å². The maximum atomic E-state index is 12.7. The Balaban J connectivity index is 1.67. The largest absolute Gasteiger partial charge is 0.322 e. The Bertz CT molecular complexity index is 1140. The summed E-state index contributed by atoms with van der Waals surface area (Å²) < 4.78 is 0. The average Bonchev–Trinajstić information content (AvgIpc) is 2.68. The third-order valence-corrected chi connectivity index (χ3v) is 5.10. The minimum atomic E-state index is -0.400. The van der Waals surface area contributed by atoms with E-state index in [4.69, 9.17) is 23.2 Å². The van der Waals surface area contributed by atoms with Crippen LogP contribution < -0.4 is 5.32 Å². The lowest BCUT2D eigenvalue weighted by Crippen LogP contribution is -2.21. The summed E-state index contributed by atoms with van der Waals surface area (Å²) in [5.41, 5.74) is 2.09. The van der Waals surface area contributed by atoms with Gasteiger partial charge in [0.1, 0.15) is 0 Å². The Morgan fingerprint density at radius 2 is 1.33 bits per heavy atom. The summed E-state index contributed by atoms with van der Waals surface area (Å²) in [5, 5.41) is 3.33. The van der Waals surface area contributed by atoms with Gasteiger partial charge < -0.3 is 5.32 Å². The third kappa shape index (κ3) is 3.03. The van der Waals surface area contributed by atoms with Crippen LogP contribution in [0.15, 0.2) is 60.7 Å². The Labute approximate surface area is 164 Å². The highest BCUT2D eigenvalue weighted by molar-refractivity contribution is 6.42. The fourth-order valence-electron chi connectivity index (χ4n) is 3.02. The van der Waals surface area contributed by atoms with Crippen molar-refractivity contribution in [3.8, 4) is 0 Å². The lowest BCUT2D eigenvalue weighted by Gasteiger charge is -2.18. The predicted molar refractivity (Wildman–Crippen MR) is 104 cm³/mol. The molecule has 0 unspecified atom stereocenters. The molecule has 0 aromatic heterocycles. The average molecular weight is 396 g/mol. The molecule has 132 valence electrons. The van der Waals surface area contributed by atoms with E-state index in [1.165, 1.54) is 18.2 Å². The van der Waals surface area contributed by atoms with Gasteiger partial charge in [-0.1, -0.05) is 47.5 Å². The normalized spacial score (nSPS) is 12.4. The number of halogens is 2. The molecule has 0 heterocycles. The zero-order chi connectivity index (χ0) is 19.1. The number of fused-ring (bicyclic) bond motifs is 2. The molecule has 1 aliphatic rings. The second kappa shape index (κ2) is 6.65. The molecule has 0 saturated heterocycles. The number of ketones is 2. The molecule has 0 saturated carbocycles. The van der Waals surface area contributed by atoms with Gasteiger partial charge in [0, 0.05) is 33.5 Å². The molecule has 4 rings (SSSR count). The molecular formula is C21H11Cl2NO3. The lowest BCUT2D eigenvalue weighted by atomic mass is 9.84. The van der Waals surface area contributed by atoms with Crippen LogP contribution in [0.3, 0.4) is 0 Å². The number of rotatable bonds is 2. The molecule has 3 aromatic rings. The first-order valence-corrected chi connectivity index (χ1v) is 8.80. The van der Waals surface area contributed by atoms with Gasteiger partial charge in [0.25, 0.3) is 5.91 Å². The number of amides is 1. The molecule has 0 radical (unpaired) electrons. The molecule has 0 spiro atoms. The number of hydrogen-bond donors (Lipinski definition) is 1. The van der Waals surface area contributed by atoms with Gasteiger partial charge in [0.2, 0.25) is 0 Å². The maximum Gasteiger partial charge on any atom is 0.255 e. The molecule has 3 aromatic carbocycles. The molecule has 1 aliphatic carbocycles. The van der Waals surface area contributed by atoms with Gasteiger partial charge >= 0.3 is 0 Å². The van der Waals surface area contributed by atoms with E-state index >= 15 is 0 Å². The molecular weight excluding hydrogens is 385 g/mol. The van der Waals surface area contributed by atoms with Crippen molar-refractivity contribution in [2.24, 2.45) is 0 Å². The topological polar surface area (TPSA) is 63.2 Å². The van der Waals surface area contributed by atoms with Crippen molar-refractivity contribution in [1.82, 2.24) is 0 Å². The first-order valence-electron chi connectivity index (χ1n) is 8.04. The van der Waals surface area contributed by atoms with E-state index in [2.05, 4.69) is 5.32 Å². The van der Waals surface area contributed by atoms with E-state index < -0.39 is 5.91 Å². The van der Waals surface area contributed by atoms with Crippen molar-refractivity contribution in [3.63, 3.8) is 0 Å². The highest BCUT2D eigenvalue weighted by Gasteiger charge is 2.29. The minimum absolute atomic E-state index is 0.206. The van der Waals surface area contributed by atoms with Crippen molar-refractivity contribution in [1.29, 1.82) is 0 Å². The Morgan fingerprint density at radius 1 is 0.704 bits per heavy atom. The van der Waals surface area contributed by atoms with Crippen LogP contribution in [0.5, 0.6) is 0 Å². The number of carbonyl (C=O) groups is 3. The standard InChI is InChI=1S/C21H11Cl2NO3/c22-17-8-5-11(9-18(17)23)21(27)24-12-6-7-15-16(10-12)20(26)14-4-2-1-3-13(14)19(15)25/h1-10H,(H,24,27).